The lowest BCUT2D eigenvalue weighted by Gasteiger charge is -1.98. The van der Waals surface area contributed by atoms with E-state index >= 15 is 0 Å². The van der Waals surface area contributed by atoms with Gasteiger partial charge in [0.05, 0.1) is 11.9 Å². The second kappa shape index (κ2) is 3.18. The first kappa shape index (κ1) is 8.26. The van der Waals surface area contributed by atoms with Gasteiger partial charge in [-0.25, -0.2) is 4.68 Å². The van der Waals surface area contributed by atoms with E-state index in [0.717, 1.165) is 5.69 Å². The van der Waals surface area contributed by atoms with Crippen LogP contribution in [0.15, 0.2) is 30.5 Å². The molecule has 1 aromatic carbocycles. The molecule has 2 rings (SSSR count). The van der Waals surface area contributed by atoms with Gasteiger partial charge in [0.1, 0.15) is 0 Å². The Bertz CT molecular complexity index is 405. The van der Waals surface area contributed by atoms with E-state index in [1.165, 1.54) is 5.56 Å². The summed E-state index contributed by atoms with van der Waals surface area (Å²) in [4.78, 5) is 0. The lowest BCUT2D eigenvalue weighted by molar-refractivity contribution is 0.803. The number of nitrogens with zero attached hydrogens (tertiary/aromatic N) is 3. The number of halogens is 1. The number of benzene rings is 1. The summed E-state index contributed by atoms with van der Waals surface area (Å²) in [5.74, 6) is 0. The summed E-state index contributed by atoms with van der Waals surface area (Å²) in [5.41, 5.74) is 2.18. The zero-order chi connectivity index (χ0) is 9.26. The first-order valence-corrected chi connectivity index (χ1v) is 4.28. The van der Waals surface area contributed by atoms with Crippen LogP contribution in [0.2, 0.25) is 5.15 Å². The second-order valence-corrected chi connectivity index (χ2v) is 3.21. The van der Waals surface area contributed by atoms with Gasteiger partial charge in [0, 0.05) is 0 Å². The van der Waals surface area contributed by atoms with Gasteiger partial charge < -0.3 is 0 Å². The molecule has 0 aliphatic carbocycles. The van der Waals surface area contributed by atoms with Crippen LogP contribution in [0.4, 0.5) is 0 Å². The first-order valence-electron chi connectivity index (χ1n) is 3.90. The Kier molecular flexibility index (Phi) is 2.02. The van der Waals surface area contributed by atoms with Crippen molar-refractivity contribution < 1.29 is 0 Å². The van der Waals surface area contributed by atoms with Gasteiger partial charge in [-0.05, 0) is 19.1 Å². The molecule has 1 aromatic heterocycles. The fraction of sp³-hybridized carbons (Fsp3) is 0.111. The predicted octanol–water partition coefficient (Wildman–Crippen LogP) is 2.23. The molecule has 0 fully saturated rings. The summed E-state index contributed by atoms with van der Waals surface area (Å²) in [6.07, 6.45) is 1.67. The Morgan fingerprint density at radius 1 is 1.23 bits per heavy atom. The Labute approximate surface area is 81.0 Å². The molecular weight excluding hydrogens is 186 g/mol. The molecule has 4 heteroatoms. The van der Waals surface area contributed by atoms with Crippen molar-refractivity contribution in [2.24, 2.45) is 0 Å². The highest BCUT2D eigenvalue weighted by Gasteiger charge is 1.98. The molecule has 0 unspecified atom stereocenters. The maximum Gasteiger partial charge on any atom is 0.171 e. The summed E-state index contributed by atoms with van der Waals surface area (Å²) in [5, 5.41) is 7.95. The molecule has 0 N–H and O–H groups in total. The summed E-state index contributed by atoms with van der Waals surface area (Å²) < 4.78 is 1.64. The molecule has 1 heterocycles. The molecule has 0 aliphatic rings. The van der Waals surface area contributed by atoms with Crippen LogP contribution in [0.3, 0.4) is 0 Å². The van der Waals surface area contributed by atoms with Crippen LogP contribution < -0.4 is 0 Å². The van der Waals surface area contributed by atoms with E-state index < -0.39 is 0 Å². The quantitative estimate of drug-likeness (QED) is 0.696. The van der Waals surface area contributed by atoms with Gasteiger partial charge in [0.15, 0.2) is 5.15 Å². The van der Waals surface area contributed by atoms with Crippen molar-refractivity contribution in [1.29, 1.82) is 0 Å². The number of aromatic nitrogens is 3. The largest absolute Gasteiger partial charge is 0.219 e. The van der Waals surface area contributed by atoms with Gasteiger partial charge in [-0.15, -0.1) is 5.10 Å². The summed E-state index contributed by atoms with van der Waals surface area (Å²) >= 11 is 5.65. The molecule has 0 radical (unpaired) electrons. The van der Waals surface area contributed by atoms with Crippen LogP contribution in [0, 0.1) is 6.92 Å². The average Bonchev–Trinajstić information content (AvgIpc) is 2.53. The van der Waals surface area contributed by atoms with Gasteiger partial charge >= 0.3 is 0 Å². The summed E-state index contributed by atoms with van der Waals surface area (Å²) in [6, 6.07) is 7.98. The van der Waals surface area contributed by atoms with Crippen molar-refractivity contribution in [3.63, 3.8) is 0 Å². The molecule has 0 atom stereocenters. The minimum absolute atomic E-state index is 0.403. The lowest BCUT2D eigenvalue weighted by atomic mass is 10.2. The highest BCUT2D eigenvalue weighted by atomic mass is 35.5. The van der Waals surface area contributed by atoms with Crippen LogP contribution >= 0.6 is 11.6 Å². The number of aryl methyl sites for hydroxylation is 1. The van der Waals surface area contributed by atoms with E-state index in [9.17, 15) is 0 Å². The van der Waals surface area contributed by atoms with E-state index in [4.69, 9.17) is 11.6 Å². The maximum atomic E-state index is 5.65. The zero-order valence-corrected chi connectivity index (χ0v) is 7.86. The standard InChI is InChI=1S/C9H8ClN3/c1-7-2-4-8(5-3-7)13-6-9(10)11-12-13/h2-6H,1H3. The van der Waals surface area contributed by atoms with E-state index in [-0.39, 0.29) is 0 Å². The first-order chi connectivity index (χ1) is 6.25. The third-order valence-corrected chi connectivity index (χ3v) is 1.94. The maximum absolute atomic E-state index is 5.65. The predicted molar refractivity (Wildman–Crippen MR) is 51.1 cm³/mol. The van der Waals surface area contributed by atoms with Crippen molar-refractivity contribution in [1.82, 2.24) is 15.0 Å². The molecule has 0 aliphatic heterocycles. The van der Waals surface area contributed by atoms with Crippen LogP contribution in [0.5, 0.6) is 0 Å². The van der Waals surface area contributed by atoms with Crippen LogP contribution in [0.25, 0.3) is 5.69 Å². The van der Waals surface area contributed by atoms with E-state index in [1.807, 2.05) is 31.2 Å². The van der Waals surface area contributed by atoms with E-state index in [2.05, 4.69) is 10.3 Å². The van der Waals surface area contributed by atoms with Crippen molar-refractivity contribution in [3.05, 3.63) is 41.2 Å². The van der Waals surface area contributed by atoms with Crippen molar-refractivity contribution in [2.45, 2.75) is 6.92 Å². The van der Waals surface area contributed by atoms with Crippen LogP contribution in [0.1, 0.15) is 5.56 Å². The molecule has 0 saturated heterocycles. The average molecular weight is 194 g/mol. The molecule has 2 aromatic rings. The topological polar surface area (TPSA) is 30.7 Å². The SMILES string of the molecule is Cc1ccc(-n2cc(Cl)nn2)cc1. The zero-order valence-electron chi connectivity index (χ0n) is 7.11. The normalized spacial score (nSPS) is 10.3. The fourth-order valence-electron chi connectivity index (χ4n) is 1.07. The molecule has 0 saturated carbocycles. The third-order valence-electron chi connectivity index (χ3n) is 1.76. The van der Waals surface area contributed by atoms with Gasteiger partial charge in [-0.3, -0.25) is 0 Å². The van der Waals surface area contributed by atoms with Gasteiger partial charge in [-0.2, -0.15) is 0 Å². The molecule has 0 amide bonds. The minimum Gasteiger partial charge on any atom is -0.219 e. The molecule has 3 nitrogen and oxygen atoms in total. The third kappa shape index (κ3) is 1.70. The van der Waals surface area contributed by atoms with Crippen LogP contribution in [-0.4, -0.2) is 15.0 Å². The fourth-order valence-corrected chi connectivity index (χ4v) is 1.19. The highest BCUT2D eigenvalue weighted by Crippen LogP contribution is 2.09. The minimum atomic E-state index is 0.403. The van der Waals surface area contributed by atoms with Gasteiger partial charge in [0.2, 0.25) is 0 Å². The Balaban J connectivity index is 2.41. The summed E-state index contributed by atoms with van der Waals surface area (Å²) in [7, 11) is 0. The van der Waals surface area contributed by atoms with Gasteiger partial charge in [0.25, 0.3) is 0 Å². The van der Waals surface area contributed by atoms with Gasteiger partial charge in [-0.1, -0.05) is 34.5 Å². The Hall–Kier alpha value is -1.35. The molecular formula is C9H8ClN3. The molecule has 0 spiro atoms. The van der Waals surface area contributed by atoms with E-state index in [0.29, 0.717) is 5.15 Å². The summed E-state index contributed by atoms with van der Waals surface area (Å²) in [6.45, 7) is 2.04. The lowest BCUT2D eigenvalue weighted by Crippen LogP contribution is -1.94. The number of hydrogen-bond donors (Lipinski definition) is 0. The monoisotopic (exact) mass is 193 g/mol. The highest BCUT2D eigenvalue weighted by molar-refractivity contribution is 6.29. The number of hydrogen-bond acceptors (Lipinski definition) is 2. The molecule has 0 bridgehead atoms. The van der Waals surface area contributed by atoms with Crippen molar-refractivity contribution in [2.75, 3.05) is 0 Å². The molecule has 66 valence electrons. The molecule has 13 heavy (non-hydrogen) atoms. The second-order valence-electron chi connectivity index (χ2n) is 2.82. The van der Waals surface area contributed by atoms with Crippen molar-refractivity contribution in [3.8, 4) is 5.69 Å². The van der Waals surface area contributed by atoms with Crippen molar-refractivity contribution >= 4 is 11.6 Å². The van der Waals surface area contributed by atoms with Crippen LogP contribution in [-0.2, 0) is 0 Å². The number of rotatable bonds is 1. The van der Waals surface area contributed by atoms with E-state index in [1.54, 1.807) is 10.9 Å². The Morgan fingerprint density at radius 2 is 1.92 bits per heavy atom. The Morgan fingerprint density at radius 3 is 2.46 bits per heavy atom. The smallest absolute Gasteiger partial charge is 0.171 e.